The summed E-state index contributed by atoms with van der Waals surface area (Å²) in [7, 11) is 1.75. The number of hydrogen-bond donors (Lipinski definition) is 2. The lowest BCUT2D eigenvalue weighted by atomic mass is 10.1. The Bertz CT molecular complexity index is 1300. The van der Waals surface area contributed by atoms with Gasteiger partial charge in [0.05, 0.1) is 23.7 Å². The first kappa shape index (κ1) is 21.2. The molecule has 3 aromatic rings. The predicted molar refractivity (Wildman–Crippen MR) is 120 cm³/mol. The minimum atomic E-state index is -0.428. The first-order valence-electron chi connectivity index (χ1n) is 10.4. The number of hydrogen-bond acceptors (Lipinski definition) is 7. The highest BCUT2D eigenvalue weighted by molar-refractivity contribution is 5.93. The Labute approximate surface area is 184 Å². The Morgan fingerprint density at radius 2 is 2.06 bits per heavy atom. The first-order chi connectivity index (χ1) is 15.3. The molecule has 1 aliphatic heterocycles. The third-order valence-corrected chi connectivity index (χ3v) is 5.62. The summed E-state index contributed by atoms with van der Waals surface area (Å²) in [5.74, 6) is 1.04. The molecule has 164 valence electrons. The molecule has 0 radical (unpaired) electrons. The smallest absolute Gasteiger partial charge is 0.327 e. The van der Waals surface area contributed by atoms with Gasteiger partial charge in [-0.3, -0.25) is 9.69 Å². The zero-order valence-corrected chi connectivity index (χ0v) is 18.4. The molecule has 10 nitrogen and oxygen atoms in total. The van der Waals surface area contributed by atoms with E-state index in [-0.39, 0.29) is 23.6 Å². The number of nitrogens with zero attached hydrogens (tertiary/aromatic N) is 6. The predicted octanol–water partition coefficient (Wildman–Crippen LogP) is 2.72. The van der Waals surface area contributed by atoms with Crippen LogP contribution >= 0.6 is 0 Å². The van der Waals surface area contributed by atoms with Crippen molar-refractivity contribution in [3.63, 3.8) is 0 Å². The number of H-pyrrole nitrogens is 1. The molecule has 0 spiro atoms. The quantitative estimate of drug-likeness (QED) is 0.634. The number of fused-ring (bicyclic) bond motifs is 1. The molecular formula is C22H24N8O2. The Morgan fingerprint density at radius 3 is 2.78 bits per heavy atom. The van der Waals surface area contributed by atoms with E-state index in [2.05, 4.69) is 31.3 Å². The molecule has 0 saturated carbocycles. The van der Waals surface area contributed by atoms with Gasteiger partial charge in [0, 0.05) is 24.7 Å². The van der Waals surface area contributed by atoms with Crippen molar-refractivity contribution >= 4 is 28.8 Å². The number of rotatable bonds is 5. The fourth-order valence-corrected chi connectivity index (χ4v) is 3.90. The number of carbonyl (C=O) groups excluding carboxylic acids is 1. The zero-order valence-electron chi connectivity index (χ0n) is 18.4. The van der Waals surface area contributed by atoms with Crippen LogP contribution in [-0.2, 0) is 0 Å². The monoisotopic (exact) mass is 432 g/mol. The molecule has 0 bridgehead atoms. The van der Waals surface area contributed by atoms with Crippen molar-refractivity contribution in [2.75, 3.05) is 23.8 Å². The normalized spacial score (nSPS) is 17.0. The van der Waals surface area contributed by atoms with Crippen LogP contribution in [0.15, 0.2) is 29.1 Å². The van der Waals surface area contributed by atoms with E-state index in [1.807, 2.05) is 13.8 Å². The third-order valence-electron chi connectivity index (χ3n) is 5.62. The van der Waals surface area contributed by atoms with Gasteiger partial charge in [0.2, 0.25) is 11.9 Å². The fraction of sp³-hybridized carbons (Fsp3) is 0.364. The summed E-state index contributed by atoms with van der Waals surface area (Å²) in [4.78, 5) is 44.6. The van der Waals surface area contributed by atoms with Crippen LogP contribution in [0.25, 0.3) is 10.9 Å². The average molecular weight is 432 g/mol. The van der Waals surface area contributed by atoms with Crippen molar-refractivity contribution in [1.29, 1.82) is 5.26 Å². The molecule has 2 amide bonds. The fourth-order valence-electron chi connectivity index (χ4n) is 3.90. The maximum Gasteiger partial charge on any atom is 0.327 e. The lowest BCUT2D eigenvalue weighted by molar-refractivity contribution is 0.229. The topological polar surface area (TPSA) is 131 Å². The van der Waals surface area contributed by atoms with Gasteiger partial charge in [-0.15, -0.1) is 0 Å². The molecule has 1 saturated heterocycles. The largest absolute Gasteiger partial charge is 0.347 e. The zero-order chi connectivity index (χ0) is 23.0. The van der Waals surface area contributed by atoms with Gasteiger partial charge >= 0.3 is 6.03 Å². The number of nitrogens with one attached hydrogen (secondary N) is 2. The molecular weight excluding hydrogens is 408 g/mol. The van der Waals surface area contributed by atoms with E-state index in [1.54, 1.807) is 48.0 Å². The molecule has 2 aromatic heterocycles. The van der Waals surface area contributed by atoms with E-state index in [1.165, 1.54) is 0 Å². The van der Waals surface area contributed by atoms with E-state index in [0.29, 0.717) is 35.0 Å². The molecule has 10 heteroatoms. The number of pyridine rings is 1. The highest BCUT2D eigenvalue weighted by Gasteiger charge is 2.37. The van der Waals surface area contributed by atoms with Crippen LogP contribution in [0.1, 0.15) is 43.3 Å². The van der Waals surface area contributed by atoms with Gasteiger partial charge in [0.15, 0.2) is 0 Å². The SMILES string of the molecule is CC[C@H]1CN(C)C(=O)N1c1nc(C)nc(N[C@@H](C)c2cc3cc(C#N)ccc3[nH]c2=O)n1. The molecule has 2 N–H and O–H groups in total. The van der Waals surface area contributed by atoms with Crippen molar-refractivity contribution in [2.45, 2.75) is 39.3 Å². The maximum atomic E-state index is 12.7. The number of amides is 2. The molecule has 4 rings (SSSR count). The van der Waals surface area contributed by atoms with Gasteiger partial charge in [-0.2, -0.15) is 20.2 Å². The first-order valence-corrected chi connectivity index (χ1v) is 10.4. The summed E-state index contributed by atoms with van der Waals surface area (Å²) in [5, 5.41) is 13.1. The lowest BCUT2D eigenvalue weighted by Crippen LogP contribution is -2.36. The van der Waals surface area contributed by atoms with E-state index >= 15 is 0 Å². The Balaban J connectivity index is 1.66. The summed E-state index contributed by atoms with van der Waals surface area (Å²) >= 11 is 0. The number of aryl methyl sites for hydroxylation is 1. The number of benzene rings is 1. The maximum absolute atomic E-state index is 12.7. The standard InChI is InChI=1S/C22H24N8O2/c1-5-16-11-29(4)22(32)30(16)21-26-13(3)25-20(28-21)24-12(2)17-9-15-8-14(10-23)6-7-18(15)27-19(17)31/h6-9,12,16H,5,11H2,1-4H3,(H,27,31)(H,24,25,26,28)/t12-,16-/m0/s1. The van der Waals surface area contributed by atoms with Crippen molar-refractivity contribution < 1.29 is 4.79 Å². The highest BCUT2D eigenvalue weighted by atomic mass is 16.2. The van der Waals surface area contributed by atoms with Crippen molar-refractivity contribution in [2.24, 2.45) is 0 Å². The molecule has 32 heavy (non-hydrogen) atoms. The van der Waals surface area contributed by atoms with Crippen molar-refractivity contribution in [1.82, 2.24) is 24.8 Å². The van der Waals surface area contributed by atoms with Crippen LogP contribution in [0.2, 0.25) is 0 Å². The second-order valence-corrected chi connectivity index (χ2v) is 7.94. The number of carbonyl (C=O) groups is 1. The molecule has 2 atom stereocenters. The van der Waals surface area contributed by atoms with Gasteiger partial charge in [0.1, 0.15) is 5.82 Å². The molecule has 0 aliphatic carbocycles. The minimum Gasteiger partial charge on any atom is -0.347 e. The Kier molecular flexibility index (Phi) is 5.48. The number of likely N-dealkylation sites (N-methyl/N-ethyl adjacent to an activating group) is 1. The van der Waals surface area contributed by atoms with E-state index in [4.69, 9.17) is 5.26 Å². The van der Waals surface area contributed by atoms with Crippen LogP contribution in [0.3, 0.4) is 0 Å². The number of aromatic amines is 1. The van der Waals surface area contributed by atoms with Gasteiger partial charge in [-0.05, 0) is 49.9 Å². The Hall–Kier alpha value is -4.00. The third kappa shape index (κ3) is 3.85. The minimum absolute atomic E-state index is 0.0164. The molecule has 1 fully saturated rings. The van der Waals surface area contributed by atoms with Crippen LogP contribution in [0.5, 0.6) is 0 Å². The summed E-state index contributed by atoms with van der Waals surface area (Å²) in [6, 6.07) is 8.37. The summed E-state index contributed by atoms with van der Waals surface area (Å²) in [5.41, 5.74) is 1.41. The summed E-state index contributed by atoms with van der Waals surface area (Å²) < 4.78 is 0. The number of anilines is 2. The van der Waals surface area contributed by atoms with Crippen LogP contribution in [0, 0.1) is 18.3 Å². The van der Waals surface area contributed by atoms with Crippen LogP contribution < -0.4 is 15.8 Å². The van der Waals surface area contributed by atoms with Crippen molar-refractivity contribution in [3.05, 3.63) is 51.6 Å². The number of nitriles is 1. The highest BCUT2D eigenvalue weighted by Crippen LogP contribution is 2.25. The van der Waals surface area contributed by atoms with E-state index < -0.39 is 6.04 Å². The molecule has 3 heterocycles. The van der Waals surface area contributed by atoms with Crippen molar-refractivity contribution in [3.8, 4) is 6.07 Å². The number of aromatic nitrogens is 4. The summed E-state index contributed by atoms with van der Waals surface area (Å²) in [6.45, 7) is 6.19. The Morgan fingerprint density at radius 1 is 1.28 bits per heavy atom. The average Bonchev–Trinajstić information content (AvgIpc) is 3.06. The van der Waals surface area contributed by atoms with Gasteiger partial charge in [0.25, 0.3) is 5.56 Å². The molecule has 1 aliphatic rings. The summed E-state index contributed by atoms with van der Waals surface area (Å²) in [6.07, 6.45) is 0.775. The van der Waals surface area contributed by atoms with Gasteiger partial charge in [-0.1, -0.05) is 6.92 Å². The van der Waals surface area contributed by atoms with Gasteiger partial charge < -0.3 is 15.2 Å². The van der Waals surface area contributed by atoms with Crippen LogP contribution in [0.4, 0.5) is 16.7 Å². The molecule has 1 aromatic carbocycles. The number of urea groups is 1. The second kappa shape index (κ2) is 8.26. The molecule has 0 unspecified atom stereocenters. The van der Waals surface area contributed by atoms with E-state index in [9.17, 15) is 9.59 Å². The second-order valence-electron chi connectivity index (χ2n) is 7.94. The van der Waals surface area contributed by atoms with E-state index in [0.717, 1.165) is 11.8 Å². The van der Waals surface area contributed by atoms with Crippen LogP contribution in [-0.4, -0.2) is 50.5 Å². The van der Waals surface area contributed by atoms with Gasteiger partial charge in [-0.25, -0.2) is 4.79 Å². The lowest BCUT2D eigenvalue weighted by Gasteiger charge is -2.21.